The summed E-state index contributed by atoms with van der Waals surface area (Å²) in [6, 6.07) is 47.5. The topological polar surface area (TPSA) is 284 Å². The van der Waals surface area contributed by atoms with Gasteiger partial charge in [0.25, 0.3) is 17.7 Å². The van der Waals surface area contributed by atoms with Crippen molar-refractivity contribution >= 4 is 139 Å². The molecular formula is C73H86Cl3N21O3. The van der Waals surface area contributed by atoms with E-state index in [2.05, 4.69) is 174 Å². The molecule has 6 heterocycles. The summed E-state index contributed by atoms with van der Waals surface area (Å²) in [5.74, 6) is 1.08. The molecule has 0 atom stereocenters. The highest BCUT2D eigenvalue weighted by molar-refractivity contribution is 6.33. The van der Waals surface area contributed by atoms with Crippen LogP contribution >= 0.6 is 34.8 Å². The summed E-state index contributed by atoms with van der Waals surface area (Å²) >= 11 is 18.9. The van der Waals surface area contributed by atoms with Crippen molar-refractivity contribution < 1.29 is 14.4 Å². The molecular weight excluding hydrogens is 1330 g/mol. The second-order valence-electron chi connectivity index (χ2n) is 24.9. The molecule has 6 aromatic carbocycles. The minimum atomic E-state index is -0.535. The number of halogens is 3. The summed E-state index contributed by atoms with van der Waals surface area (Å²) in [6.07, 6.45) is 4.56. The van der Waals surface area contributed by atoms with Crippen LogP contribution in [0.3, 0.4) is 0 Å². The highest BCUT2D eigenvalue weighted by Gasteiger charge is 2.23. The van der Waals surface area contributed by atoms with E-state index in [9.17, 15) is 14.4 Å². The number of aromatic nitrogens is 6. The second kappa shape index (κ2) is 34.6. The average Bonchev–Trinajstić information content (AvgIpc) is 0.844. The molecule has 0 bridgehead atoms. The number of anilines is 15. The van der Waals surface area contributed by atoms with Crippen molar-refractivity contribution in [3.63, 3.8) is 0 Å². The van der Waals surface area contributed by atoms with Gasteiger partial charge in [0.05, 0.1) is 52.3 Å². The number of carbonyl (C=O) groups is 3. The van der Waals surface area contributed by atoms with Crippen molar-refractivity contribution in [2.24, 2.45) is 11.5 Å². The van der Waals surface area contributed by atoms with Crippen LogP contribution in [0.5, 0.6) is 0 Å². The molecule has 3 aromatic heterocycles. The molecule has 3 amide bonds. The minimum absolute atomic E-state index is 0.197. The maximum atomic E-state index is 12.2. The lowest BCUT2D eigenvalue weighted by Gasteiger charge is -2.38. The summed E-state index contributed by atoms with van der Waals surface area (Å²) in [5.41, 5.74) is 20.0. The van der Waals surface area contributed by atoms with Gasteiger partial charge in [-0.3, -0.25) is 29.1 Å². The molecule has 100 heavy (non-hydrogen) atoms. The van der Waals surface area contributed by atoms with Crippen LogP contribution in [0.2, 0.25) is 15.1 Å². The molecule has 0 radical (unpaired) electrons. The van der Waals surface area contributed by atoms with Crippen molar-refractivity contribution in [3.05, 3.63) is 196 Å². The van der Waals surface area contributed by atoms with Crippen molar-refractivity contribution in [2.75, 3.05) is 132 Å². The van der Waals surface area contributed by atoms with Crippen LogP contribution in [0.25, 0.3) is 0 Å². The maximum Gasteiger partial charge on any atom is 0.253 e. The molecule has 0 saturated carbocycles. The summed E-state index contributed by atoms with van der Waals surface area (Å²) in [4.78, 5) is 76.6. The quantitative estimate of drug-likeness (QED) is 0.0323. The van der Waals surface area contributed by atoms with E-state index in [1.165, 1.54) is 30.0 Å². The Morgan fingerprint density at radius 1 is 0.380 bits per heavy atom. The molecule has 27 heteroatoms. The highest BCUT2D eigenvalue weighted by atomic mass is 35.5. The fourth-order valence-electron chi connectivity index (χ4n) is 11.6. The summed E-state index contributed by atoms with van der Waals surface area (Å²) in [7, 11) is 1.59. The lowest BCUT2D eigenvalue weighted by molar-refractivity contribution is 0.0961. The lowest BCUT2D eigenvalue weighted by atomic mass is 10.1. The summed E-state index contributed by atoms with van der Waals surface area (Å²) in [5, 5.41) is 22.7. The van der Waals surface area contributed by atoms with E-state index in [1.807, 2.05) is 42.5 Å². The SMILES string of the molecule is CC(C)N1CCN(c2ccc(Nc3ncc(Cl)c(Nc4ccccc4C(N)=O)n3)cc2)CC1.CC(C)N1CCN(c2cccc(Nc3ncc(Cl)c(Nc4ccccc4C(N)=O)n3)c2)CC1.CNC(=O)c1ccccc1Nc1nc(Nc2ccc(N3CCN(C(C)C)CC3)cc2)ncc1Cl. The van der Waals surface area contributed by atoms with Crippen LogP contribution in [-0.2, 0) is 0 Å². The Labute approximate surface area is 599 Å². The van der Waals surface area contributed by atoms with E-state index < -0.39 is 11.8 Å². The number of hydrogen-bond donors (Lipinski definition) is 9. The number of benzene rings is 6. The second-order valence-corrected chi connectivity index (χ2v) is 26.1. The van der Waals surface area contributed by atoms with Crippen molar-refractivity contribution in [3.8, 4) is 0 Å². The van der Waals surface area contributed by atoms with Gasteiger partial charge in [0.1, 0.15) is 15.1 Å². The van der Waals surface area contributed by atoms with E-state index in [-0.39, 0.29) is 5.91 Å². The fraction of sp³-hybridized carbons (Fsp3) is 0.301. The Balaban J connectivity index is 0.000000162. The van der Waals surface area contributed by atoms with Gasteiger partial charge in [-0.1, -0.05) is 77.3 Å². The number of nitrogens with one attached hydrogen (secondary N) is 7. The summed E-state index contributed by atoms with van der Waals surface area (Å²) < 4.78 is 0. The molecule has 0 spiro atoms. The monoisotopic (exact) mass is 1410 g/mol. The lowest BCUT2D eigenvalue weighted by Crippen LogP contribution is -2.48. The number of rotatable bonds is 21. The Kier molecular flexibility index (Phi) is 25.1. The van der Waals surface area contributed by atoms with Gasteiger partial charge < -0.3 is 63.4 Å². The number of amides is 3. The third-order valence-electron chi connectivity index (χ3n) is 17.4. The van der Waals surface area contributed by atoms with Crippen molar-refractivity contribution in [1.29, 1.82) is 0 Å². The zero-order chi connectivity index (χ0) is 70.8. The number of para-hydroxylation sites is 3. The number of nitrogens with two attached hydrogens (primary N) is 2. The van der Waals surface area contributed by atoms with E-state index >= 15 is 0 Å². The van der Waals surface area contributed by atoms with Gasteiger partial charge in [-0.25, -0.2) is 15.0 Å². The number of nitrogens with zero attached hydrogens (tertiary/aromatic N) is 12. The average molecular weight is 1410 g/mol. The smallest absolute Gasteiger partial charge is 0.253 e. The van der Waals surface area contributed by atoms with Crippen LogP contribution in [-0.4, -0.2) is 166 Å². The molecule has 3 saturated heterocycles. The molecule has 9 aromatic rings. The standard InChI is InChI=1S/C25H30ClN7O.2C24H28ClN7O/c1-17(2)32-12-14-33(15-13-32)19-10-8-18(9-11-19)29-25-28-16-21(26)23(31-25)30-22-7-5-4-6-20(22)24(34)27-3;1-16(2)31-10-12-32(13-11-31)18-7-5-6-17(14-18)28-24-27-15-20(25)23(30-24)29-21-9-4-3-8-19(21)22(26)33;1-16(2)31-11-13-32(14-12-31)18-9-7-17(8-10-18)28-24-27-15-20(25)23(30-24)29-21-6-4-3-5-19(21)22(26)33/h4-11,16-17H,12-15H2,1-3H3,(H,27,34)(H2,28,29,30,31);3-9,14-16H,10-13H2,1-2H3,(H2,26,33)(H2,27,28,29,30);3-10,15-16H,11-14H2,1-2H3,(H2,26,33)(H2,27,28,29,30). The zero-order valence-electron chi connectivity index (χ0n) is 57.2. The molecule has 0 aliphatic carbocycles. The predicted molar refractivity (Wildman–Crippen MR) is 407 cm³/mol. The number of hydrogen-bond acceptors (Lipinski definition) is 21. The normalized spacial score (nSPS) is 14.3. The van der Waals surface area contributed by atoms with Crippen LogP contribution in [0, 0.1) is 0 Å². The largest absolute Gasteiger partial charge is 0.369 e. The van der Waals surface area contributed by atoms with Gasteiger partial charge in [0.2, 0.25) is 17.8 Å². The fourth-order valence-corrected chi connectivity index (χ4v) is 12.0. The van der Waals surface area contributed by atoms with Crippen LogP contribution < -0.4 is 63.4 Å². The predicted octanol–water partition coefficient (Wildman–Crippen LogP) is 13.0. The molecule has 12 rings (SSSR count). The molecule has 3 aliphatic rings. The van der Waals surface area contributed by atoms with Gasteiger partial charge in [0, 0.05) is 138 Å². The van der Waals surface area contributed by atoms with Gasteiger partial charge in [-0.15, -0.1) is 0 Å². The Morgan fingerprint density at radius 2 is 0.700 bits per heavy atom. The first-order valence-electron chi connectivity index (χ1n) is 33.3. The first kappa shape index (κ1) is 72.7. The van der Waals surface area contributed by atoms with Gasteiger partial charge in [-0.05, 0) is 145 Å². The number of carbonyl (C=O) groups excluding carboxylic acids is 3. The molecule has 522 valence electrons. The van der Waals surface area contributed by atoms with Gasteiger partial charge in [0.15, 0.2) is 17.5 Å². The minimum Gasteiger partial charge on any atom is -0.369 e. The summed E-state index contributed by atoms with van der Waals surface area (Å²) in [6.45, 7) is 25.9. The third-order valence-corrected chi connectivity index (χ3v) is 18.2. The van der Waals surface area contributed by atoms with Crippen LogP contribution in [0.4, 0.5) is 86.5 Å². The highest BCUT2D eigenvalue weighted by Crippen LogP contribution is 2.32. The number of primary amides is 2. The Bertz CT molecular complexity index is 4220. The molecule has 11 N–H and O–H groups in total. The van der Waals surface area contributed by atoms with Gasteiger partial charge >= 0.3 is 0 Å². The maximum absolute atomic E-state index is 12.2. The Hall–Kier alpha value is -10.1. The van der Waals surface area contributed by atoms with Gasteiger partial charge in [-0.2, -0.15) is 15.0 Å². The first-order chi connectivity index (χ1) is 48.2. The molecule has 0 unspecified atom stereocenters. The van der Waals surface area contributed by atoms with E-state index in [0.29, 0.717) is 102 Å². The van der Waals surface area contributed by atoms with E-state index in [4.69, 9.17) is 46.3 Å². The Morgan fingerprint density at radius 3 is 1.04 bits per heavy atom. The molecule has 3 aliphatic heterocycles. The first-order valence-corrected chi connectivity index (χ1v) is 34.4. The van der Waals surface area contributed by atoms with Crippen molar-refractivity contribution in [1.82, 2.24) is 49.9 Å². The zero-order valence-corrected chi connectivity index (χ0v) is 59.5. The van der Waals surface area contributed by atoms with Crippen LogP contribution in [0.15, 0.2) is 164 Å². The van der Waals surface area contributed by atoms with E-state index in [0.717, 1.165) is 101 Å². The number of piperazine rings is 3. The molecule has 3 fully saturated rings. The third kappa shape index (κ3) is 19.6. The van der Waals surface area contributed by atoms with E-state index in [1.54, 1.807) is 73.8 Å². The molecule has 24 nitrogen and oxygen atoms in total. The van der Waals surface area contributed by atoms with Crippen LogP contribution in [0.1, 0.15) is 72.6 Å². The van der Waals surface area contributed by atoms with Crippen molar-refractivity contribution in [2.45, 2.75) is 59.7 Å².